The molecule has 1 atom stereocenters. The van der Waals surface area contributed by atoms with E-state index in [4.69, 9.17) is 0 Å². The quantitative estimate of drug-likeness (QED) is 0.788. The summed E-state index contributed by atoms with van der Waals surface area (Å²) >= 11 is 0. The molecule has 1 heterocycles. The first kappa shape index (κ1) is 16.3. The SMILES string of the molecule is OC(CCOCC(F)(F)F)Cc1ccn(C2CCCC2)n1. The van der Waals surface area contributed by atoms with Gasteiger partial charge in [0.05, 0.1) is 17.8 Å². The average Bonchev–Trinajstić information content (AvgIpc) is 3.03. The second-order valence-corrected chi connectivity index (χ2v) is 5.54. The lowest BCUT2D eigenvalue weighted by molar-refractivity contribution is -0.175. The summed E-state index contributed by atoms with van der Waals surface area (Å²) in [6.07, 6.45) is 2.09. The van der Waals surface area contributed by atoms with Crippen molar-refractivity contribution in [2.45, 2.75) is 56.8 Å². The van der Waals surface area contributed by atoms with Crippen molar-refractivity contribution in [1.29, 1.82) is 0 Å². The number of hydrogen-bond donors (Lipinski definition) is 1. The Kier molecular flexibility index (Phi) is 5.64. The molecule has 1 aliphatic carbocycles. The maximum Gasteiger partial charge on any atom is 0.411 e. The Morgan fingerprint density at radius 2 is 2.10 bits per heavy atom. The fraction of sp³-hybridized carbons (Fsp3) is 0.786. The van der Waals surface area contributed by atoms with Crippen LogP contribution in [-0.4, -0.2) is 40.4 Å². The van der Waals surface area contributed by atoms with Gasteiger partial charge < -0.3 is 9.84 Å². The number of aliphatic hydroxyl groups excluding tert-OH is 1. The normalized spacial score (nSPS) is 18.3. The van der Waals surface area contributed by atoms with E-state index in [-0.39, 0.29) is 13.0 Å². The fourth-order valence-electron chi connectivity index (χ4n) is 2.61. The number of alkyl halides is 3. The van der Waals surface area contributed by atoms with E-state index in [2.05, 4.69) is 9.84 Å². The topological polar surface area (TPSA) is 47.3 Å². The summed E-state index contributed by atoms with van der Waals surface area (Å²) in [7, 11) is 0. The van der Waals surface area contributed by atoms with Crippen LogP contribution in [0.3, 0.4) is 0 Å². The number of nitrogens with zero attached hydrogens (tertiary/aromatic N) is 2. The molecule has 21 heavy (non-hydrogen) atoms. The van der Waals surface area contributed by atoms with E-state index in [0.717, 1.165) is 18.5 Å². The monoisotopic (exact) mass is 306 g/mol. The summed E-state index contributed by atoms with van der Waals surface area (Å²) in [5, 5.41) is 14.2. The van der Waals surface area contributed by atoms with E-state index in [0.29, 0.717) is 12.5 Å². The van der Waals surface area contributed by atoms with Crippen LogP contribution in [0.25, 0.3) is 0 Å². The molecule has 0 amide bonds. The first-order valence-corrected chi connectivity index (χ1v) is 7.30. The van der Waals surface area contributed by atoms with Crippen LogP contribution in [0.2, 0.25) is 0 Å². The fourth-order valence-corrected chi connectivity index (χ4v) is 2.61. The van der Waals surface area contributed by atoms with Crippen molar-refractivity contribution >= 4 is 0 Å². The summed E-state index contributed by atoms with van der Waals surface area (Å²) in [5.41, 5.74) is 0.769. The van der Waals surface area contributed by atoms with Crippen LogP contribution in [-0.2, 0) is 11.2 Å². The molecule has 4 nitrogen and oxygen atoms in total. The number of aromatic nitrogens is 2. The minimum absolute atomic E-state index is 0.107. The molecule has 0 saturated heterocycles. The summed E-state index contributed by atoms with van der Waals surface area (Å²) in [5.74, 6) is 0. The summed E-state index contributed by atoms with van der Waals surface area (Å²) < 4.78 is 42.1. The van der Waals surface area contributed by atoms with Gasteiger partial charge in [-0.2, -0.15) is 18.3 Å². The molecule has 1 aliphatic rings. The Balaban J connectivity index is 1.69. The van der Waals surface area contributed by atoms with Gasteiger partial charge in [-0.3, -0.25) is 4.68 Å². The minimum atomic E-state index is -4.31. The smallest absolute Gasteiger partial charge is 0.393 e. The third-order valence-corrected chi connectivity index (χ3v) is 3.67. The standard InChI is InChI=1S/C14H21F3N2O2/c15-14(16,17)10-21-8-6-13(20)9-11-5-7-19(18-11)12-3-1-2-4-12/h5,7,12-13,20H,1-4,6,8-10H2. The number of halogens is 3. The van der Waals surface area contributed by atoms with Gasteiger partial charge in [0.15, 0.2) is 0 Å². The molecular weight excluding hydrogens is 285 g/mol. The van der Waals surface area contributed by atoms with Gasteiger partial charge in [0.25, 0.3) is 0 Å². The zero-order chi connectivity index (χ0) is 15.3. The van der Waals surface area contributed by atoms with Crippen LogP contribution < -0.4 is 0 Å². The maximum atomic E-state index is 11.9. The largest absolute Gasteiger partial charge is 0.411 e. The zero-order valence-electron chi connectivity index (χ0n) is 11.9. The van der Waals surface area contributed by atoms with Crippen LogP contribution >= 0.6 is 0 Å². The lowest BCUT2D eigenvalue weighted by Gasteiger charge is -2.11. The molecule has 120 valence electrons. The van der Waals surface area contributed by atoms with Crippen LogP contribution in [0.5, 0.6) is 0 Å². The Morgan fingerprint density at radius 1 is 1.38 bits per heavy atom. The molecule has 0 aliphatic heterocycles. The molecule has 1 fully saturated rings. The summed E-state index contributed by atoms with van der Waals surface area (Å²) in [6.45, 7) is -1.37. The Morgan fingerprint density at radius 3 is 2.76 bits per heavy atom. The van der Waals surface area contributed by atoms with E-state index in [9.17, 15) is 18.3 Å². The molecule has 1 N–H and O–H groups in total. The zero-order valence-corrected chi connectivity index (χ0v) is 11.9. The van der Waals surface area contributed by atoms with Crippen molar-refractivity contribution in [3.8, 4) is 0 Å². The van der Waals surface area contributed by atoms with E-state index in [1.807, 2.05) is 16.9 Å². The summed E-state index contributed by atoms with van der Waals surface area (Å²) in [4.78, 5) is 0. The molecule has 1 aromatic rings. The number of rotatable bonds is 7. The molecular formula is C14H21F3N2O2. The van der Waals surface area contributed by atoms with Gasteiger partial charge in [-0.15, -0.1) is 0 Å². The van der Waals surface area contributed by atoms with Gasteiger partial charge in [0.2, 0.25) is 0 Å². The summed E-state index contributed by atoms with van der Waals surface area (Å²) in [6, 6.07) is 2.31. The highest BCUT2D eigenvalue weighted by Crippen LogP contribution is 2.28. The second kappa shape index (κ2) is 7.26. The number of aliphatic hydroxyl groups is 1. The van der Waals surface area contributed by atoms with Gasteiger partial charge in [-0.25, -0.2) is 0 Å². The highest BCUT2D eigenvalue weighted by Gasteiger charge is 2.27. The Bertz CT molecular complexity index is 428. The van der Waals surface area contributed by atoms with Crippen molar-refractivity contribution in [2.24, 2.45) is 0 Å². The molecule has 2 rings (SSSR count). The molecule has 1 unspecified atom stereocenters. The van der Waals surface area contributed by atoms with Gasteiger partial charge >= 0.3 is 6.18 Å². The van der Waals surface area contributed by atoms with Crippen molar-refractivity contribution in [3.05, 3.63) is 18.0 Å². The molecule has 0 bridgehead atoms. The van der Waals surface area contributed by atoms with E-state index in [1.165, 1.54) is 12.8 Å². The molecule has 1 aromatic heterocycles. The van der Waals surface area contributed by atoms with E-state index < -0.39 is 18.9 Å². The predicted molar refractivity (Wildman–Crippen MR) is 70.9 cm³/mol. The highest BCUT2D eigenvalue weighted by molar-refractivity contribution is 5.01. The predicted octanol–water partition coefficient (Wildman–Crippen LogP) is 2.87. The van der Waals surface area contributed by atoms with Crippen LogP contribution in [0.1, 0.15) is 43.8 Å². The molecule has 7 heteroatoms. The van der Waals surface area contributed by atoms with Crippen molar-refractivity contribution < 1.29 is 23.0 Å². The van der Waals surface area contributed by atoms with Crippen LogP contribution in [0.4, 0.5) is 13.2 Å². The maximum absolute atomic E-state index is 11.9. The lowest BCUT2D eigenvalue weighted by Crippen LogP contribution is -2.20. The Hall–Kier alpha value is -1.08. The average molecular weight is 306 g/mol. The molecule has 0 radical (unpaired) electrons. The second-order valence-electron chi connectivity index (χ2n) is 5.54. The van der Waals surface area contributed by atoms with Gasteiger partial charge in [0.1, 0.15) is 6.61 Å². The third kappa shape index (κ3) is 5.67. The first-order valence-electron chi connectivity index (χ1n) is 7.30. The Labute approximate surface area is 121 Å². The van der Waals surface area contributed by atoms with Crippen LogP contribution in [0.15, 0.2) is 12.3 Å². The van der Waals surface area contributed by atoms with Crippen molar-refractivity contribution in [3.63, 3.8) is 0 Å². The lowest BCUT2D eigenvalue weighted by atomic mass is 10.1. The van der Waals surface area contributed by atoms with Gasteiger partial charge in [-0.05, 0) is 25.3 Å². The van der Waals surface area contributed by atoms with Gasteiger partial charge in [0, 0.05) is 19.2 Å². The molecule has 1 saturated carbocycles. The van der Waals surface area contributed by atoms with E-state index in [1.54, 1.807) is 0 Å². The number of hydrogen-bond acceptors (Lipinski definition) is 3. The molecule has 0 spiro atoms. The van der Waals surface area contributed by atoms with E-state index >= 15 is 0 Å². The molecule has 0 aromatic carbocycles. The van der Waals surface area contributed by atoms with Gasteiger partial charge in [-0.1, -0.05) is 12.8 Å². The minimum Gasteiger partial charge on any atom is -0.393 e. The highest BCUT2D eigenvalue weighted by atomic mass is 19.4. The first-order chi connectivity index (χ1) is 9.94. The van der Waals surface area contributed by atoms with Crippen LogP contribution in [0, 0.1) is 0 Å². The number of ether oxygens (including phenoxy) is 1. The third-order valence-electron chi connectivity index (χ3n) is 3.67. The van der Waals surface area contributed by atoms with Crippen molar-refractivity contribution in [1.82, 2.24) is 9.78 Å². The van der Waals surface area contributed by atoms with Crippen molar-refractivity contribution in [2.75, 3.05) is 13.2 Å².